The molecule has 0 radical (unpaired) electrons. The third-order valence-electron chi connectivity index (χ3n) is 5.24. The Balaban J connectivity index is 1.47. The van der Waals surface area contributed by atoms with E-state index in [1.54, 1.807) is 6.07 Å². The predicted molar refractivity (Wildman–Crippen MR) is 92.0 cm³/mol. The lowest BCUT2D eigenvalue weighted by molar-refractivity contribution is 0.462. The highest BCUT2D eigenvalue weighted by Gasteiger charge is 2.30. The van der Waals surface area contributed by atoms with Crippen LogP contribution in [0.25, 0.3) is 11.0 Å². The van der Waals surface area contributed by atoms with Crippen LogP contribution in [0, 0.1) is 5.95 Å². The molecule has 0 bridgehead atoms. The second-order valence-corrected chi connectivity index (χ2v) is 6.84. The Labute approximate surface area is 144 Å². The first kappa shape index (κ1) is 14.7. The minimum Gasteiger partial charge on any atom is -0.352 e. The van der Waals surface area contributed by atoms with E-state index in [4.69, 9.17) is 0 Å². The summed E-state index contributed by atoms with van der Waals surface area (Å²) in [6.45, 7) is 2.50. The molecule has 128 valence electrons. The minimum absolute atomic E-state index is 0.265. The fourth-order valence-electron chi connectivity index (χ4n) is 4.03. The standard InChI is InChI=1S/C18H19FN6/c19-16-18(21-14-7-2-1-6-13(14)20-16)24-9-3-5-12(11-24)17-23-22-15-8-4-10-25(15)17/h1-2,6-7,12H,3-5,8-11H2. The maximum Gasteiger partial charge on any atom is 0.256 e. The molecule has 2 aromatic heterocycles. The van der Waals surface area contributed by atoms with Crippen LogP contribution < -0.4 is 4.90 Å². The number of nitrogens with zero attached hydrogens (tertiary/aromatic N) is 6. The fourth-order valence-corrected chi connectivity index (χ4v) is 4.03. The Hall–Kier alpha value is -2.57. The van der Waals surface area contributed by atoms with Gasteiger partial charge >= 0.3 is 0 Å². The van der Waals surface area contributed by atoms with Crippen LogP contribution >= 0.6 is 0 Å². The highest BCUT2D eigenvalue weighted by Crippen LogP contribution is 2.31. The van der Waals surface area contributed by atoms with E-state index in [9.17, 15) is 4.39 Å². The number of rotatable bonds is 2. The van der Waals surface area contributed by atoms with E-state index < -0.39 is 5.95 Å². The molecule has 0 N–H and O–H groups in total. The van der Waals surface area contributed by atoms with Crippen LogP contribution in [-0.4, -0.2) is 37.8 Å². The molecule has 0 aliphatic carbocycles. The van der Waals surface area contributed by atoms with Gasteiger partial charge in [0.05, 0.1) is 11.0 Å². The van der Waals surface area contributed by atoms with Crippen molar-refractivity contribution in [2.24, 2.45) is 0 Å². The van der Waals surface area contributed by atoms with Crippen LogP contribution in [-0.2, 0) is 13.0 Å². The largest absolute Gasteiger partial charge is 0.352 e. The number of para-hydroxylation sites is 2. The highest BCUT2D eigenvalue weighted by molar-refractivity contribution is 5.75. The van der Waals surface area contributed by atoms with Crippen molar-refractivity contribution >= 4 is 16.9 Å². The molecule has 1 fully saturated rings. The minimum atomic E-state index is -0.495. The third-order valence-corrected chi connectivity index (χ3v) is 5.24. The van der Waals surface area contributed by atoms with Crippen molar-refractivity contribution in [1.82, 2.24) is 24.7 Å². The monoisotopic (exact) mass is 338 g/mol. The number of hydrogen-bond donors (Lipinski definition) is 0. The number of piperidine rings is 1. The van der Waals surface area contributed by atoms with Crippen molar-refractivity contribution in [3.8, 4) is 0 Å². The van der Waals surface area contributed by atoms with E-state index in [1.165, 1.54) is 0 Å². The molecule has 2 aliphatic rings. The van der Waals surface area contributed by atoms with Gasteiger partial charge in [-0.2, -0.15) is 4.39 Å². The van der Waals surface area contributed by atoms with Gasteiger partial charge in [0.15, 0.2) is 5.82 Å². The lowest BCUT2D eigenvalue weighted by Crippen LogP contribution is -2.36. The van der Waals surface area contributed by atoms with Gasteiger partial charge in [-0.15, -0.1) is 10.2 Å². The molecule has 0 spiro atoms. The zero-order valence-electron chi connectivity index (χ0n) is 13.9. The van der Waals surface area contributed by atoms with Gasteiger partial charge in [0.1, 0.15) is 11.6 Å². The Kier molecular flexibility index (Phi) is 3.39. The number of aromatic nitrogens is 5. The SMILES string of the molecule is Fc1nc2ccccc2nc1N1CCCC(c2nnc3n2CCC3)C1. The van der Waals surface area contributed by atoms with Crippen molar-refractivity contribution < 1.29 is 4.39 Å². The molecular formula is C18H19FN6. The molecule has 25 heavy (non-hydrogen) atoms. The summed E-state index contributed by atoms with van der Waals surface area (Å²) >= 11 is 0. The van der Waals surface area contributed by atoms with Crippen LogP contribution in [0.5, 0.6) is 0 Å². The van der Waals surface area contributed by atoms with E-state index in [0.717, 1.165) is 55.9 Å². The first-order valence-corrected chi connectivity index (χ1v) is 8.89. The van der Waals surface area contributed by atoms with E-state index >= 15 is 0 Å². The summed E-state index contributed by atoms with van der Waals surface area (Å²) in [5.41, 5.74) is 1.32. The maximum atomic E-state index is 14.5. The average Bonchev–Trinajstić information content (AvgIpc) is 3.25. The van der Waals surface area contributed by atoms with Gasteiger partial charge in [0.2, 0.25) is 0 Å². The predicted octanol–water partition coefficient (Wildman–Crippen LogP) is 2.69. The Morgan fingerprint density at radius 3 is 2.72 bits per heavy atom. The van der Waals surface area contributed by atoms with Crippen LogP contribution in [0.1, 0.15) is 36.8 Å². The maximum absolute atomic E-state index is 14.5. The van der Waals surface area contributed by atoms with Crippen molar-refractivity contribution in [3.63, 3.8) is 0 Å². The average molecular weight is 338 g/mol. The molecule has 4 heterocycles. The molecule has 1 saturated heterocycles. The van der Waals surface area contributed by atoms with Crippen molar-refractivity contribution in [3.05, 3.63) is 41.9 Å². The molecule has 2 aliphatic heterocycles. The number of hydrogen-bond acceptors (Lipinski definition) is 5. The molecule has 7 heteroatoms. The second kappa shape index (κ2) is 5.75. The van der Waals surface area contributed by atoms with Crippen molar-refractivity contribution in [1.29, 1.82) is 0 Å². The summed E-state index contributed by atoms with van der Waals surface area (Å²) in [6, 6.07) is 7.40. The second-order valence-electron chi connectivity index (χ2n) is 6.84. The Morgan fingerprint density at radius 2 is 1.84 bits per heavy atom. The molecular weight excluding hydrogens is 319 g/mol. The number of halogens is 1. The zero-order valence-corrected chi connectivity index (χ0v) is 13.9. The van der Waals surface area contributed by atoms with E-state index in [0.29, 0.717) is 17.9 Å². The molecule has 0 saturated carbocycles. The van der Waals surface area contributed by atoms with Crippen molar-refractivity contribution in [2.75, 3.05) is 18.0 Å². The van der Waals surface area contributed by atoms with Crippen LogP contribution in [0.3, 0.4) is 0 Å². The molecule has 1 atom stereocenters. The van der Waals surface area contributed by atoms with Crippen LogP contribution in [0.4, 0.5) is 10.2 Å². The normalized spacial score (nSPS) is 20.2. The van der Waals surface area contributed by atoms with Crippen LogP contribution in [0.2, 0.25) is 0 Å². The van der Waals surface area contributed by atoms with Crippen LogP contribution in [0.15, 0.2) is 24.3 Å². The number of anilines is 1. The fraction of sp³-hybridized carbons (Fsp3) is 0.444. The quantitative estimate of drug-likeness (QED) is 0.719. The third kappa shape index (κ3) is 2.45. The summed E-state index contributed by atoms with van der Waals surface area (Å²) in [5.74, 6) is 2.26. The van der Waals surface area contributed by atoms with Gasteiger partial charge in [-0.25, -0.2) is 9.97 Å². The molecule has 3 aromatic rings. The smallest absolute Gasteiger partial charge is 0.256 e. The summed E-state index contributed by atoms with van der Waals surface area (Å²) in [5, 5.41) is 8.74. The number of aryl methyl sites for hydroxylation is 1. The first-order valence-electron chi connectivity index (χ1n) is 8.89. The zero-order chi connectivity index (χ0) is 16.8. The summed E-state index contributed by atoms with van der Waals surface area (Å²) in [4.78, 5) is 10.6. The topological polar surface area (TPSA) is 59.7 Å². The first-order chi connectivity index (χ1) is 12.3. The van der Waals surface area contributed by atoms with E-state index in [1.807, 2.05) is 23.1 Å². The van der Waals surface area contributed by atoms with E-state index in [-0.39, 0.29) is 5.92 Å². The van der Waals surface area contributed by atoms with Gasteiger partial charge in [-0.3, -0.25) is 0 Å². The summed E-state index contributed by atoms with van der Waals surface area (Å²) in [6.07, 6.45) is 4.19. The number of fused-ring (bicyclic) bond motifs is 2. The lowest BCUT2D eigenvalue weighted by atomic mass is 9.97. The summed E-state index contributed by atoms with van der Waals surface area (Å²) in [7, 11) is 0. The molecule has 1 unspecified atom stereocenters. The van der Waals surface area contributed by atoms with Gasteiger partial charge in [0, 0.05) is 32.0 Å². The number of benzene rings is 1. The van der Waals surface area contributed by atoms with E-state index in [2.05, 4.69) is 24.7 Å². The van der Waals surface area contributed by atoms with Gasteiger partial charge in [-0.05, 0) is 31.4 Å². The molecule has 6 nitrogen and oxygen atoms in total. The highest BCUT2D eigenvalue weighted by atomic mass is 19.1. The molecule has 0 amide bonds. The Morgan fingerprint density at radius 1 is 1.00 bits per heavy atom. The summed E-state index contributed by atoms with van der Waals surface area (Å²) < 4.78 is 16.8. The molecule has 1 aromatic carbocycles. The van der Waals surface area contributed by atoms with Gasteiger partial charge < -0.3 is 9.47 Å². The van der Waals surface area contributed by atoms with Crippen molar-refractivity contribution in [2.45, 2.75) is 38.1 Å². The Bertz CT molecular complexity index is 936. The molecule has 5 rings (SSSR count). The lowest BCUT2D eigenvalue weighted by Gasteiger charge is -2.33. The van der Waals surface area contributed by atoms with Gasteiger partial charge in [-0.1, -0.05) is 12.1 Å². The van der Waals surface area contributed by atoms with Gasteiger partial charge in [0.25, 0.3) is 5.95 Å².